The lowest BCUT2D eigenvalue weighted by Crippen LogP contribution is -2.51. The maximum atomic E-state index is 12.2. The minimum atomic E-state index is 0.0740. The number of hydrogen-bond acceptors (Lipinski definition) is 4. The summed E-state index contributed by atoms with van der Waals surface area (Å²) < 4.78 is 0. The predicted molar refractivity (Wildman–Crippen MR) is 74.1 cm³/mol. The highest BCUT2D eigenvalue weighted by Crippen LogP contribution is 2.25. The van der Waals surface area contributed by atoms with Gasteiger partial charge in [0.15, 0.2) is 0 Å². The Morgan fingerprint density at radius 1 is 1.65 bits per heavy atom. The predicted octanol–water partition coefficient (Wildman–Crippen LogP) is 2.34. The fourth-order valence-electron chi connectivity index (χ4n) is 2.10. The Kier molecular flexibility index (Phi) is 4.48. The van der Waals surface area contributed by atoms with Gasteiger partial charge in [0, 0.05) is 17.0 Å². The van der Waals surface area contributed by atoms with Crippen LogP contribution in [-0.4, -0.2) is 30.8 Å². The number of rotatable bonds is 3. The van der Waals surface area contributed by atoms with Crippen molar-refractivity contribution < 1.29 is 4.79 Å². The van der Waals surface area contributed by atoms with E-state index in [0.29, 0.717) is 6.04 Å². The second-order valence-electron chi connectivity index (χ2n) is 4.28. The number of thioether (sulfide) groups is 1. The molecule has 17 heavy (non-hydrogen) atoms. The monoisotopic (exact) mass is 270 g/mol. The van der Waals surface area contributed by atoms with E-state index in [2.05, 4.69) is 17.6 Å². The first-order valence-electron chi connectivity index (χ1n) is 5.88. The van der Waals surface area contributed by atoms with Crippen molar-refractivity contribution in [3.05, 3.63) is 16.3 Å². The van der Waals surface area contributed by atoms with Crippen molar-refractivity contribution in [2.75, 3.05) is 12.8 Å². The number of piperidine rings is 1. The van der Waals surface area contributed by atoms with E-state index in [1.54, 1.807) is 11.8 Å². The quantitative estimate of drug-likeness (QED) is 0.828. The number of carbonyl (C=O) groups is 1. The topological polar surface area (TPSA) is 41.1 Å². The second kappa shape index (κ2) is 5.89. The first-order valence-corrected chi connectivity index (χ1v) is 7.98. The summed E-state index contributed by atoms with van der Waals surface area (Å²) in [5, 5.41) is 8.51. The molecule has 3 nitrogen and oxygen atoms in total. The van der Waals surface area contributed by atoms with E-state index in [-0.39, 0.29) is 11.9 Å². The highest BCUT2D eigenvalue weighted by molar-refractivity contribution is 7.98. The third-order valence-corrected chi connectivity index (χ3v) is 4.96. The first kappa shape index (κ1) is 12.9. The number of hydrogen-bond donors (Lipinski definition) is 2. The molecule has 1 saturated heterocycles. The SMILES string of the molecule is CSc1ccsc1C(=O)NC1CCCNC1C. The molecule has 0 radical (unpaired) electrons. The van der Waals surface area contributed by atoms with Crippen LogP contribution in [-0.2, 0) is 0 Å². The normalized spacial score (nSPS) is 24.6. The van der Waals surface area contributed by atoms with Crippen molar-refractivity contribution in [2.45, 2.75) is 36.7 Å². The van der Waals surface area contributed by atoms with Crippen molar-refractivity contribution in [1.82, 2.24) is 10.6 Å². The van der Waals surface area contributed by atoms with Crippen molar-refractivity contribution in [1.29, 1.82) is 0 Å². The zero-order chi connectivity index (χ0) is 12.3. The van der Waals surface area contributed by atoms with Gasteiger partial charge >= 0.3 is 0 Å². The molecular weight excluding hydrogens is 252 g/mol. The van der Waals surface area contributed by atoms with Crippen LogP contribution in [0.5, 0.6) is 0 Å². The second-order valence-corrected chi connectivity index (χ2v) is 6.05. The molecule has 1 amide bonds. The molecular formula is C12H18N2OS2. The van der Waals surface area contributed by atoms with Gasteiger partial charge in [0.05, 0.1) is 0 Å². The van der Waals surface area contributed by atoms with Gasteiger partial charge in [0.2, 0.25) is 0 Å². The van der Waals surface area contributed by atoms with Crippen molar-refractivity contribution in [3.8, 4) is 0 Å². The van der Waals surface area contributed by atoms with E-state index >= 15 is 0 Å². The molecule has 2 rings (SSSR count). The lowest BCUT2D eigenvalue weighted by atomic mass is 10.00. The van der Waals surface area contributed by atoms with Crippen molar-refractivity contribution in [3.63, 3.8) is 0 Å². The number of nitrogens with one attached hydrogen (secondary N) is 2. The summed E-state index contributed by atoms with van der Waals surface area (Å²) in [7, 11) is 0. The van der Waals surface area contributed by atoms with Gasteiger partial charge in [-0.15, -0.1) is 23.1 Å². The summed E-state index contributed by atoms with van der Waals surface area (Å²) >= 11 is 3.15. The average Bonchev–Trinajstić information content (AvgIpc) is 2.80. The molecule has 0 spiro atoms. The van der Waals surface area contributed by atoms with E-state index in [1.165, 1.54) is 11.3 Å². The molecule has 94 valence electrons. The maximum Gasteiger partial charge on any atom is 0.262 e. The van der Waals surface area contributed by atoms with E-state index in [4.69, 9.17) is 0 Å². The summed E-state index contributed by atoms with van der Waals surface area (Å²) in [6, 6.07) is 2.63. The fourth-order valence-corrected chi connectivity index (χ4v) is 3.75. The Hall–Kier alpha value is -0.520. The van der Waals surface area contributed by atoms with Crippen LogP contribution in [0.4, 0.5) is 0 Å². The van der Waals surface area contributed by atoms with Gasteiger partial charge in [-0.05, 0) is 44.0 Å². The standard InChI is InChI=1S/C12H18N2OS2/c1-8-9(4-3-6-13-8)14-12(15)11-10(16-2)5-7-17-11/h5,7-9,13H,3-4,6H2,1-2H3,(H,14,15). The number of thiophene rings is 1. The van der Waals surface area contributed by atoms with Crippen molar-refractivity contribution in [2.24, 2.45) is 0 Å². The van der Waals surface area contributed by atoms with E-state index < -0.39 is 0 Å². The summed E-state index contributed by atoms with van der Waals surface area (Å²) in [5.41, 5.74) is 0. The van der Waals surface area contributed by atoms with Crippen LogP contribution in [0.25, 0.3) is 0 Å². The van der Waals surface area contributed by atoms with Gasteiger partial charge in [-0.25, -0.2) is 0 Å². The molecule has 2 unspecified atom stereocenters. The molecule has 2 heterocycles. The minimum Gasteiger partial charge on any atom is -0.347 e. The van der Waals surface area contributed by atoms with E-state index in [0.717, 1.165) is 29.2 Å². The fraction of sp³-hybridized carbons (Fsp3) is 0.583. The maximum absolute atomic E-state index is 12.2. The zero-order valence-corrected chi connectivity index (χ0v) is 11.8. The Morgan fingerprint density at radius 2 is 2.47 bits per heavy atom. The first-order chi connectivity index (χ1) is 8.22. The smallest absolute Gasteiger partial charge is 0.262 e. The summed E-state index contributed by atoms with van der Waals surface area (Å²) in [6.07, 6.45) is 4.21. The van der Waals surface area contributed by atoms with Gasteiger partial charge in [-0.2, -0.15) is 0 Å². The van der Waals surface area contributed by atoms with E-state index in [1.807, 2.05) is 17.7 Å². The van der Waals surface area contributed by atoms with Crippen LogP contribution in [0.1, 0.15) is 29.4 Å². The molecule has 5 heteroatoms. The lowest BCUT2D eigenvalue weighted by Gasteiger charge is -2.30. The Labute approximate surface area is 110 Å². The number of amides is 1. The van der Waals surface area contributed by atoms with Gasteiger partial charge in [0.25, 0.3) is 5.91 Å². The molecule has 0 saturated carbocycles. The van der Waals surface area contributed by atoms with Crippen LogP contribution in [0.3, 0.4) is 0 Å². The summed E-state index contributed by atoms with van der Waals surface area (Å²) in [6.45, 7) is 3.19. The van der Waals surface area contributed by atoms with Crippen LogP contribution < -0.4 is 10.6 Å². The minimum absolute atomic E-state index is 0.0740. The molecule has 2 atom stereocenters. The molecule has 1 fully saturated rings. The number of carbonyl (C=O) groups excluding carboxylic acids is 1. The van der Waals surface area contributed by atoms with Crippen LogP contribution in [0.15, 0.2) is 16.3 Å². The molecule has 2 N–H and O–H groups in total. The van der Waals surface area contributed by atoms with E-state index in [9.17, 15) is 4.79 Å². The average molecular weight is 270 g/mol. The Balaban J connectivity index is 2.01. The van der Waals surface area contributed by atoms with Gasteiger partial charge in [-0.1, -0.05) is 0 Å². The largest absolute Gasteiger partial charge is 0.347 e. The third kappa shape index (κ3) is 3.03. The summed E-state index contributed by atoms with van der Waals surface area (Å²) in [5.74, 6) is 0.0740. The molecule has 0 aliphatic carbocycles. The Morgan fingerprint density at radius 3 is 3.18 bits per heavy atom. The van der Waals surface area contributed by atoms with Crippen LogP contribution >= 0.6 is 23.1 Å². The van der Waals surface area contributed by atoms with Gasteiger partial charge < -0.3 is 10.6 Å². The third-order valence-electron chi connectivity index (χ3n) is 3.13. The molecule has 1 aromatic rings. The van der Waals surface area contributed by atoms with Crippen LogP contribution in [0.2, 0.25) is 0 Å². The van der Waals surface area contributed by atoms with Gasteiger partial charge in [0.1, 0.15) is 4.88 Å². The Bertz CT molecular complexity index is 392. The molecule has 1 aliphatic heterocycles. The molecule has 1 aromatic heterocycles. The summed E-state index contributed by atoms with van der Waals surface area (Å²) in [4.78, 5) is 14.1. The highest BCUT2D eigenvalue weighted by atomic mass is 32.2. The zero-order valence-electron chi connectivity index (χ0n) is 10.2. The molecule has 1 aliphatic rings. The molecule has 0 aromatic carbocycles. The molecule has 0 bridgehead atoms. The highest BCUT2D eigenvalue weighted by Gasteiger charge is 2.24. The van der Waals surface area contributed by atoms with Gasteiger partial charge in [-0.3, -0.25) is 4.79 Å². The lowest BCUT2D eigenvalue weighted by molar-refractivity contribution is 0.0921. The van der Waals surface area contributed by atoms with Crippen LogP contribution in [0, 0.1) is 0 Å². The van der Waals surface area contributed by atoms with Crippen molar-refractivity contribution >= 4 is 29.0 Å².